The molecular formula is C14H19NOS. The Labute approximate surface area is 107 Å². The lowest BCUT2D eigenvalue weighted by Crippen LogP contribution is -2.25. The van der Waals surface area contributed by atoms with Crippen molar-refractivity contribution in [1.82, 2.24) is 5.32 Å². The van der Waals surface area contributed by atoms with Gasteiger partial charge in [0.2, 0.25) is 5.91 Å². The maximum absolute atomic E-state index is 11.5. The molecule has 1 saturated carbocycles. The zero-order valence-corrected chi connectivity index (χ0v) is 11.3. The lowest BCUT2D eigenvalue weighted by atomic mass is 10.1. The highest BCUT2D eigenvalue weighted by atomic mass is 32.2. The van der Waals surface area contributed by atoms with Gasteiger partial charge >= 0.3 is 0 Å². The molecule has 1 amide bonds. The fourth-order valence-corrected chi connectivity index (χ4v) is 2.54. The molecule has 1 aliphatic rings. The predicted molar refractivity (Wildman–Crippen MR) is 72.4 cm³/mol. The van der Waals surface area contributed by atoms with E-state index in [0.29, 0.717) is 12.5 Å². The molecule has 1 aromatic carbocycles. The largest absolute Gasteiger partial charge is 0.353 e. The van der Waals surface area contributed by atoms with Crippen molar-refractivity contribution in [3.8, 4) is 0 Å². The van der Waals surface area contributed by atoms with Gasteiger partial charge in [-0.2, -0.15) is 0 Å². The Kier molecular flexibility index (Phi) is 4.11. The number of rotatable bonds is 5. The summed E-state index contributed by atoms with van der Waals surface area (Å²) in [5.74, 6) is 1.06. The van der Waals surface area contributed by atoms with E-state index in [2.05, 4.69) is 37.4 Å². The van der Waals surface area contributed by atoms with Crippen LogP contribution in [0.3, 0.4) is 0 Å². The van der Waals surface area contributed by atoms with E-state index in [4.69, 9.17) is 0 Å². The molecule has 0 saturated heterocycles. The van der Waals surface area contributed by atoms with Crippen LogP contribution in [0.25, 0.3) is 0 Å². The van der Waals surface area contributed by atoms with Crippen LogP contribution in [-0.2, 0) is 4.79 Å². The van der Waals surface area contributed by atoms with Gasteiger partial charge < -0.3 is 5.32 Å². The van der Waals surface area contributed by atoms with Crippen molar-refractivity contribution in [3.05, 3.63) is 29.3 Å². The van der Waals surface area contributed by atoms with Gasteiger partial charge in [0.05, 0.1) is 0 Å². The van der Waals surface area contributed by atoms with Crippen molar-refractivity contribution >= 4 is 17.7 Å². The first-order valence-electron chi connectivity index (χ1n) is 6.14. The summed E-state index contributed by atoms with van der Waals surface area (Å²) >= 11 is 1.76. The van der Waals surface area contributed by atoms with Crippen molar-refractivity contribution in [3.63, 3.8) is 0 Å². The van der Waals surface area contributed by atoms with Crippen molar-refractivity contribution in [1.29, 1.82) is 0 Å². The Hall–Kier alpha value is -0.960. The third kappa shape index (κ3) is 4.08. The number of carbonyl (C=O) groups is 1. The predicted octanol–water partition coefficient (Wildman–Crippen LogP) is 3.06. The second-order valence-electron chi connectivity index (χ2n) is 4.69. The van der Waals surface area contributed by atoms with Gasteiger partial charge in [-0.25, -0.2) is 0 Å². The topological polar surface area (TPSA) is 29.1 Å². The number of hydrogen-bond donors (Lipinski definition) is 1. The third-order valence-electron chi connectivity index (χ3n) is 3.02. The van der Waals surface area contributed by atoms with E-state index in [1.807, 2.05) is 0 Å². The second-order valence-corrected chi connectivity index (χ2v) is 5.85. The standard InChI is InChI=1S/C14H19NOS/c1-10-3-6-13(9-11(10)2)17-8-7-14(16)15-12-4-5-12/h3,6,9,12H,4-5,7-8H2,1-2H3,(H,15,16). The molecule has 92 valence electrons. The van der Waals surface area contributed by atoms with E-state index in [9.17, 15) is 4.79 Å². The van der Waals surface area contributed by atoms with E-state index < -0.39 is 0 Å². The molecule has 3 heteroatoms. The van der Waals surface area contributed by atoms with Gasteiger partial charge in [-0.1, -0.05) is 6.07 Å². The molecule has 1 aromatic rings. The SMILES string of the molecule is Cc1ccc(SCCC(=O)NC2CC2)cc1C. The van der Waals surface area contributed by atoms with Crippen LogP contribution in [0.5, 0.6) is 0 Å². The quantitative estimate of drug-likeness (QED) is 0.813. The summed E-state index contributed by atoms with van der Waals surface area (Å²) in [6.45, 7) is 4.24. The minimum atomic E-state index is 0.198. The summed E-state index contributed by atoms with van der Waals surface area (Å²) < 4.78 is 0. The average molecular weight is 249 g/mol. The molecule has 1 N–H and O–H groups in total. The van der Waals surface area contributed by atoms with E-state index in [-0.39, 0.29) is 5.91 Å². The molecule has 2 rings (SSSR count). The minimum Gasteiger partial charge on any atom is -0.353 e. The van der Waals surface area contributed by atoms with Gasteiger partial charge in [-0.15, -0.1) is 11.8 Å². The van der Waals surface area contributed by atoms with Crippen molar-refractivity contribution in [2.45, 2.75) is 44.0 Å². The third-order valence-corrected chi connectivity index (χ3v) is 4.01. The molecule has 0 radical (unpaired) electrons. The van der Waals surface area contributed by atoms with Gasteiger partial charge in [-0.3, -0.25) is 4.79 Å². The summed E-state index contributed by atoms with van der Waals surface area (Å²) in [7, 11) is 0. The summed E-state index contributed by atoms with van der Waals surface area (Å²) in [4.78, 5) is 12.7. The Morgan fingerprint density at radius 3 is 2.76 bits per heavy atom. The molecule has 0 bridgehead atoms. The highest BCUT2D eigenvalue weighted by molar-refractivity contribution is 7.99. The van der Waals surface area contributed by atoms with Crippen LogP contribution in [0.4, 0.5) is 0 Å². The molecule has 0 aliphatic heterocycles. The fourth-order valence-electron chi connectivity index (χ4n) is 1.59. The fraction of sp³-hybridized carbons (Fsp3) is 0.500. The molecule has 2 nitrogen and oxygen atoms in total. The number of aryl methyl sites for hydroxylation is 2. The normalized spacial score (nSPS) is 14.7. The van der Waals surface area contributed by atoms with E-state index in [1.54, 1.807) is 11.8 Å². The van der Waals surface area contributed by atoms with Crippen LogP contribution in [-0.4, -0.2) is 17.7 Å². The molecule has 1 aliphatic carbocycles. The maximum Gasteiger partial charge on any atom is 0.221 e. The zero-order valence-electron chi connectivity index (χ0n) is 10.5. The Bertz CT molecular complexity index is 413. The maximum atomic E-state index is 11.5. The smallest absolute Gasteiger partial charge is 0.221 e. The molecule has 0 spiro atoms. The average Bonchev–Trinajstić information content (AvgIpc) is 3.07. The Morgan fingerprint density at radius 1 is 1.35 bits per heavy atom. The summed E-state index contributed by atoms with van der Waals surface area (Å²) in [6, 6.07) is 6.95. The van der Waals surface area contributed by atoms with Gasteiger partial charge in [0.25, 0.3) is 0 Å². The van der Waals surface area contributed by atoms with Crippen LogP contribution >= 0.6 is 11.8 Å². The molecule has 1 fully saturated rings. The lowest BCUT2D eigenvalue weighted by Gasteiger charge is -2.05. The van der Waals surface area contributed by atoms with Crippen molar-refractivity contribution in [2.75, 3.05) is 5.75 Å². The molecule has 0 aromatic heterocycles. The van der Waals surface area contributed by atoms with Gasteiger partial charge in [0, 0.05) is 23.1 Å². The van der Waals surface area contributed by atoms with Gasteiger partial charge in [-0.05, 0) is 49.9 Å². The van der Waals surface area contributed by atoms with E-state index in [1.165, 1.54) is 16.0 Å². The first-order valence-corrected chi connectivity index (χ1v) is 7.13. The summed E-state index contributed by atoms with van der Waals surface area (Å²) in [5.41, 5.74) is 2.64. The molecule has 0 unspecified atom stereocenters. The number of nitrogens with one attached hydrogen (secondary N) is 1. The first kappa shape index (κ1) is 12.5. The van der Waals surface area contributed by atoms with Crippen LogP contribution in [0, 0.1) is 13.8 Å². The highest BCUT2D eigenvalue weighted by Crippen LogP contribution is 2.22. The molecule has 0 atom stereocenters. The number of benzene rings is 1. The molecule has 0 heterocycles. The highest BCUT2D eigenvalue weighted by Gasteiger charge is 2.22. The Morgan fingerprint density at radius 2 is 2.12 bits per heavy atom. The van der Waals surface area contributed by atoms with Crippen LogP contribution < -0.4 is 5.32 Å². The van der Waals surface area contributed by atoms with Gasteiger partial charge in [0.15, 0.2) is 0 Å². The first-order chi connectivity index (χ1) is 8.15. The number of carbonyl (C=O) groups excluding carboxylic acids is 1. The van der Waals surface area contributed by atoms with E-state index >= 15 is 0 Å². The minimum absolute atomic E-state index is 0.198. The van der Waals surface area contributed by atoms with Crippen molar-refractivity contribution < 1.29 is 4.79 Å². The Balaban J connectivity index is 1.73. The van der Waals surface area contributed by atoms with E-state index in [0.717, 1.165) is 18.6 Å². The van der Waals surface area contributed by atoms with Gasteiger partial charge in [0.1, 0.15) is 0 Å². The molecule has 17 heavy (non-hydrogen) atoms. The number of hydrogen-bond acceptors (Lipinski definition) is 2. The molecular weight excluding hydrogens is 230 g/mol. The lowest BCUT2D eigenvalue weighted by molar-refractivity contribution is -0.120. The number of thioether (sulfide) groups is 1. The van der Waals surface area contributed by atoms with Crippen LogP contribution in [0.2, 0.25) is 0 Å². The number of amides is 1. The summed E-state index contributed by atoms with van der Waals surface area (Å²) in [5, 5.41) is 3.01. The van der Waals surface area contributed by atoms with Crippen LogP contribution in [0.15, 0.2) is 23.1 Å². The summed E-state index contributed by atoms with van der Waals surface area (Å²) in [6.07, 6.45) is 2.94. The zero-order chi connectivity index (χ0) is 12.3. The van der Waals surface area contributed by atoms with Crippen LogP contribution in [0.1, 0.15) is 30.4 Å². The van der Waals surface area contributed by atoms with Crippen molar-refractivity contribution in [2.24, 2.45) is 0 Å². The second kappa shape index (κ2) is 5.58. The monoisotopic (exact) mass is 249 g/mol.